The van der Waals surface area contributed by atoms with E-state index in [1.54, 1.807) is 0 Å². The Morgan fingerprint density at radius 3 is 0.414 bits per heavy atom. The van der Waals surface area contributed by atoms with Gasteiger partial charge in [-0.05, 0) is 0 Å². The quantitative estimate of drug-likeness (QED) is 0.232. The van der Waals surface area contributed by atoms with E-state index in [0.717, 1.165) is 0 Å². The molecule has 0 aromatic carbocycles. The number of carboxylic acid groups (broad SMARTS) is 4. The van der Waals surface area contributed by atoms with Crippen LogP contribution in [0.4, 0.5) is 52.7 Å². The summed E-state index contributed by atoms with van der Waals surface area (Å²) in [6.07, 6.45) is -20.8. The molecule has 0 aromatic rings. The first-order chi connectivity index (χ1) is 11.8. The summed E-state index contributed by atoms with van der Waals surface area (Å²) < 4.78 is 126. The molecule has 0 atom stereocenters. The van der Waals surface area contributed by atoms with Crippen LogP contribution in [0.1, 0.15) is 0 Å². The van der Waals surface area contributed by atoms with Gasteiger partial charge in [0, 0.05) is 0 Å². The van der Waals surface area contributed by atoms with E-state index < -0.39 is 48.6 Å². The van der Waals surface area contributed by atoms with Crippen LogP contribution in [0.3, 0.4) is 0 Å². The second-order valence-electron chi connectivity index (χ2n) is 3.14. The SMILES string of the molecule is O=C([O-])C(F)(F)F.O=C([O-])C(F)(F)F.O=C([O-])C(F)(F)F.O=C([O-])C(F)(F)F.[Mo+4]. The Balaban J connectivity index is -0.0000000873. The van der Waals surface area contributed by atoms with Crippen molar-refractivity contribution < 1.29 is 113 Å². The number of hydrogen-bond acceptors (Lipinski definition) is 8. The first-order valence-corrected chi connectivity index (χ1v) is 4.90. The van der Waals surface area contributed by atoms with E-state index in [0.29, 0.717) is 0 Å². The number of halogens is 12. The van der Waals surface area contributed by atoms with Crippen LogP contribution >= 0.6 is 0 Å². The standard InChI is InChI=1S/4C2HF3O2.Mo/c4*3-2(4,5)1(6)7;/h4*(H,6,7);/q;;;;+4/p-4. The molecule has 170 valence electrons. The Labute approximate surface area is 163 Å². The summed E-state index contributed by atoms with van der Waals surface area (Å²) >= 11 is 0. The van der Waals surface area contributed by atoms with Crippen molar-refractivity contribution in [2.45, 2.75) is 24.7 Å². The van der Waals surface area contributed by atoms with Gasteiger partial charge in [0.1, 0.15) is 23.9 Å². The maximum atomic E-state index is 10.5. The van der Waals surface area contributed by atoms with Gasteiger partial charge in [0.05, 0.1) is 0 Å². The molecule has 0 aliphatic carbocycles. The van der Waals surface area contributed by atoms with E-state index in [9.17, 15) is 52.7 Å². The summed E-state index contributed by atoms with van der Waals surface area (Å²) in [5, 5.41) is 35.1. The molecule has 29 heavy (non-hydrogen) atoms. The van der Waals surface area contributed by atoms with Gasteiger partial charge >= 0.3 is 45.8 Å². The van der Waals surface area contributed by atoms with Crippen molar-refractivity contribution in [1.29, 1.82) is 0 Å². The van der Waals surface area contributed by atoms with E-state index in [1.165, 1.54) is 0 Å². The number of aliphatic carboxylic acids is 4. The smallest absolute Gasteiger partial charge is 0.542 e. The molecule has 0 fully saturated rings. The number of carboxylic acids is 4. The van der Waals surface area contributed by atoms with Crippen molar-refractivity contribution in [3.05, 3.63) is 0 Å². The molecule has 0 saturated carbocycles. The minimum atomic E-state index is -5.19. The van der Waals surface area contributed by atoms with E-state index in [1.807, 2.05) is 0 Å². The second-order valence-corrected chi connectivity index (χ2v) is 3.14. The van der Waals surface area contributed by atoms with Gasteiger partial charge in [0.15, 0.2) is 0 Å². The topological polar surface area (TPSA) is 161 Å². The van der Waals surface area contributed by atoms with Gasteiger partial charge < -0.3 is 39.6 Å². The summed E-state index contributed by atoms with van der Waals surface area (Å²) in [6.45, 7) is 0. The molecule has 0 spiro atoms. The number of hydrogen-bond donors (Lipinski definition) is 0. The van der Waals surface area contributed by atoms with Crippen LogP contribution in [0.15, 0.2) is 0 Å². The molecule has 0 heterocycles. The van der Waals surface area contributed by atoms with Crippen LogP contribution in [-0.4, -0.2) is 48.6 Å². The summed E-state index contributed by atoms with van der Waals surface area (Å²) in [5.74, 6) is -12.0. The normalized spacial score (nSPS) is 10.9. The van der Waals surface area contributed by atoms with Crippen LogP contribution in [0, 0.1) is 0 Å². The second kappa shape index (κ2) is 13.8. The van der Waals surface area contributed by atoms with Gasteiger partial charge in [0.2, 0.25) is 0 Å². The summed E-state index contributed by atoms with van der Waals surface area (Å²) in [5.41, 5.74) is 0. The third-order valence-corrected chi connectivity index (χ3v) is 0.926. The summed E-state index contributed by atoms with van der Waals surface area (Å²) in [6, 6.07) is 0. The zero-order valence-electron chi connectivity index (χ0n) is 12.2. The molecule has 21 heteroatoms. The molecule has 0 amide bonds. The zero-order chi connectivity index (χ0) is 24.3. The van der Waals surface area contributed by atoms with Gasteiger partial charge in [-0.2, -0.15) is 52.7 Å². The molecule has 8 nitrogen and oxygen atoms in total. The molecular formula is C8F12MoO8. The zero-order valence-corrected chi connectivity index (χ0v) is 14.2. The summed E-state index contributed by atoms with van der Waals surface area (Å²) in [4.78, 5) is 35.1. The van der Waals surface area contributed by atoms with E-state index in [4.69, 9.17) is 39.6 Å². The fourth-order valence-electron chi connectivity index (χ4n) is 0. The predicted octanol–water partition coefficient (Wildman–Crippen LogP) is -2.81. The maximum absolute atomic E-state index is 10.5. The van der Waals surface area contributed by atoms with Crippen LogP contribution in [0.2, 0.25) is 0 Å². The Hall–Kier alpha value is -2.27. The average molecular weight is 548 g/mol. The van der Waals surface area contributed by atoms with Crippen LogP contribution in [-0.2, 0) is 40.2 Å². The molecule has 0 saturated heterocycles. The molecule has 0 aliphatic heterocycles. The van der Waals surface area contributed by atoms with Gasteiger partial charge in [-0.25, -0.2) is 0 Å². The van der Waals surface area contributed by atoms with Crippen molar-refractivity contribution in [3.8, 4) is 0 Å². The molecule has 0 aliphatic rings. The van der Waals surface area contributed by atoms with Gasteiger partial charge in [-0.1, -0.05) is 0 Å². The maximum Gasteiger partial charge on any atom is 4.00 e. The molecule has 0 radical (unpaired) electrons. The Morgan fingerprint density at radius 1 is 0.379 bits per heavy atom. The monoisotopic (exact) mass is 550 g/mol. The van der Waals surface area contributed by atoms with E-state index >= 15 is 0 Å². The summed E-state index contributed by atoms with van der Waals surface area (Å²) in [7, 11) is 0. The molecule has 0 bridgehead atoms. The average Bonchev–Trinajstić information content (AvgIpc) is 2.35. The molecule has 0 unspecified atom stereocenters. The first-order valence-electron chi connectivity index (χ1n) is 4.90. The minimum absolute atomic E-state index is 0. The van der Waals surface area contributed by atoms with E-state index in [-0.39, 0.29) is 21.1 Å². The predicted molar refractivity (Wildman–Crippen MR) is 44.2 cm³/mol. The molecule has 0 aromatic heterocycles. The fourth-order valence-corrected chi connectivity index (χ4v) is 0. The number of rotatable bonds is 0. The largest absolute Gasteiger partial charge is 4.00 e. The van der Waals surface area contributed by atoms with Crippen molar-refractivity contribution >= 4 is 23.9 Å². The van der Waals surface area contributed by atoms with Gasteiger partial charge in [0.25, 0.3) is 0 Å². The van der Waals surface area contributed by atoms with Crippen LogP contribution in [0.25, 0.3) is 0 Å². The number of carbonyl (C=O) groups excluding carboxylic acids is 4. The first kappa shape index (κ1) is 37.5. The minimum Gasteiger partial charge on any atom is -0.542 e. The van der Waals surface area contributed by atoms with Crippen LogP contribution < -0.4 is 20.4 Å². The van der Waals surface area contributed by atoms with Crippen molar-refractivity contribution in [2.75, 3.05) is 0 Å². The Bertz CT molecular complexity index is 436. The van der Waals surface area contributed by atoms with E-state index in [2.05, 4.69) is 0 Å². The third kappa shape index (κ3) is 30.7. The molecule has 0 N–H and O–H groups in total. The van der Waals surface area contributed by atoms with Crippen molar-refractivity contribution in [3.63, 3.8) is 0 Å². The van der Waals surface area contributed by atoms with Crippen LogP contribution in [0.5, 0.6) is 0 Å². The molecule has 0 rings (SSSR count). The Morgan fingerprint density at radius 2 is 0.414 bits per heavy atom. The third-order valence-electron chi connectivity index (χ3n) is 0.926. The van der Waals surface area contributed by atoms with Crippen molar-refractivity contribution in [2.24, 2.45) is 0 Å². The molecular weight excluding hydrogens is 548 g/mol. The van der Waals surface area contributed by atoms with Gasteiger partial charge in [-0.3, -0.25) is 0 Å². The number of carbonyl (C=O) groups is 4. The number of alkyl halides is 12. The van der Waals surface area contributed by atoms with Crippen molar-refractivity contribution in [1.82, 2.24) is 0 Å². The Kier molecular flexibility index (Phi) is 17.9. The fraction of sp³-hybridized carbons (Fsp3) is 0.500. The van der Waals surface area contributed by atoms with Gasteiger partial charge in [-0.15, -0.1) is 0 Å².